The van der Waals surface area contributed by atoms with Crippen molar-refractivity contribution >= 4 is 16.9 Å². The van der Waals surface area contributed by atoms with Crippen LogP contribution in [0.5, 0.6) is 5.75 Å². The Hall–Kier alpha value is -2.70. The third kappa shape index (κ3) is 2.48. The second kappa shape index (κ2) is 5.49. The molecule has 1 aliphatic rings. The van der Waals surface area contributed by atoms with Crippen LogP contribution in [-0.2, 0) is 13.0 Å². The van der Waals surface area contributed by atoms with E-state index in [0.717, 1.165) is 30.8 Å². The number of hydrogen-bond acceptors (Lipinski definition) is 5. The molecule has 23 heavy (non-hydrogen) atoms. The normalized spacial score (nSPS) is 14.1. The summed E-state index contributed by atoms with van der Waals surface area (Å²) in [6, 6.07) is 6.06. The number of methoxy groups -OCH3 is 1. The van der Waals surface area contributed by atoms with Gasteiger partial charge in [0.25, 0.3) is 0 Å². The molecule has 0 saturated carbocycles. The lowest BCUT2D eigenvalue weighted by Crippen LogP contribution is -2.29. The van der Waals surface area contributed by atoms with E-state index in [0.29, 0.717) is 23.4 Å². The number of benzene rings is 1. The molecule has 1 aromatic carbocycles. The van der Waals surface area contributed by atoms with Crippen LogP contribution in [0.15, 0.2) is 24.5 Å². The van der Waals surface area contributed by atoms with E-state index >= 15 is 0 Å². The molecule has 0 spiro atoms. The van der Waals surface area contributed by atoms with Gasteiger partial charge >= 0.3 is 6.08 Å². The topological polar surface area (TPSA) is 66.9 Å². The second-order valence-corrected chi connectivity index (χ2v) is 5.56. The summed E-state index contributed by atoms with van der Waals surface area (Å²) in [6.45, 7) is 1.41. The number of anilines is 1. The molecule has 3 aromatic rings. The smallest absolute Gasteiger partial charge is 0.311 e. The monoisotopic (exact) mass is 313 g/mol. The molecule has 4 rings (SSSR count). The summed E-state index contributed by atoms with van der Waals surface area (Å²) in [5, 5.41) is 0. The molecule has 1 N–H and O–H groups in total. The molecule has 0 radical (unpaired) electrons. The number of imidazole rings is 1. The Morgan fingerprint density at radius 2 is 2.26 bits per heavy atom. The van der Waals surface area contributed by atoms with Crippen LogP contribution in [0.1, 0.15) is 17.7 Å². The maximum absolute atomic E-state index is 13.6. The van der Waals surface area contributed by atoms with Gasteiger partial charge in [0.05, 0.1) is 25.7 Å². The number of fused-ring (bicyclic) bond motifs is 2. The Balaban J connectivity index is 1.71. The Morgan fingerprint density at radius 3 is 3.13 bits per heavy atom. The van der Waals surface area contributed by atoms with Gasteiger partial charge in [-0.15, -0.1) is 0 Å². The SMILES string of the molecule is COc1ccc2c(c1)CCCN2Cc1nc(F)nc2nc[nH]c12. The molecule has 3 heterocycles. The first-order valence-corrected chi connectivity index (χ1v) is 7.52. The van der Waals surface area contributed by atoms with Gasteiger partial charge in [0, 0.05) is 12.2 Å². The van der Waals surface area contributed by atoms with Crippen molar-refractivity contribution in [1.29, 1.82) is 0 Å². The summed E-state index contributed by atoms with van der Waals surface area (Å²) in [5.74, 6) is 0.856. The highest BCUT2D eigenvalue weighted by Crippen LogP contribution is 2.31. The average Bonchev–Trinajstić information content (AvgIpc) is 3.03. The van der Waals surface area contributed by atoms with Gasteiger partial charge in [-0.25, -0.2) is 9.97 Å². The lowest BCUT2D eigenvalue weighted by Gasteiger charge is -2.31. The van der Waals surface area contributed by atoms with Crippen LogP contribution in [0.4, 0.5) is 10.1 Å². The first-order valence-electron chi connectivity index (χ1n) is 7.52. The molecule has 7 heteroatoms. The fraction of sp³-hybridized carbons (Fsp3) is 0.312. The fourth-order valence-electron chi connectivity index (χ4n) is 3.10. The number of aromatic amines is 1. The van der Waals surface area contributed by atoms with Crippen LogP contribution < -0.4 is 9.64 Å². The minimum Gasteiger partial charge on any atom is -0.497 e. The van der Waals surface area contributed by atoms with Crippen LogP contribution in [0, 0.1) is 6.08 Å². The maximum Gasteiger partial charge on any atom is 0.311 e. The molecule has 0 saturated heterocycles. The van der Waals surface area contributed by atoms with Gasteiger partial charge in [-0.2, -0.15) is 9.37 Å². The van der Waals surface area contributed by atoms with E-state index in [1.165, 1.54) is 11.9 Å². The van der Waals surface area contributed by atoms with Crippen LogP contribution >= 0.6 is 0 Å². The molecule has 6 nitrogen and oxygen atoms in total. The van der Waals surface area contributed by atoms with Crippen LogP contribution in [0.2, 0.25) is 0 Å². The van der Waals surface area contributed by atoms with Gasteiger partial charge in [-0.1, -0.05) is 0 Å². The van der Waals surface area contributed by atoms with Crippen LogP contribution in [0.3, 0.4) is 0 Å². The van der Waals surface area contributed by atoms with Gasteiger partial charge in [0.15, 0.2) is 5.65 Å². The summed E-state index contributed by atoms with van der Waals surface area (Å²) in [5.41, 5.74) is 4.05. The minimum absolute atomic E-state index is 0.361. The van der Waals surface area contributed by atoms with Gasteiger partial charge in [0.1, 0.15) is 11.3 Å². The molecule has 0 amide bonds. The number of ether oxygens (including phenoxy) is 1. The zero-order chi connectivity index (χ0) is 15.8. The van der Waals surface area contributed by atoms with Gasteiger partial charge in [0.2, 0.25) is 0 Å². The van der Waals surface area contributed by atoms with Crippen LogP contribution in [0.25, 0.3) is 11.2 Å². The van der Waals surface area contributed by atoms with Crippen LogP contribution in [-0.4, -0.2) is 33.6 Å². The lowest BCUT2D eigenvalue weighted by atomic mass is 10.0. The Morgan fingerprint density at radius 1 is 1.35 bits per heavy atom. The molecule has 0 unspecified atom stereocenters. The molecule has 0 bridgehead atoms. The van der Waals surface area contributed by atoms with E-state index in [2.05, 4.69) is 37.0 Å². The highest BCUT2D eigenvalue weighted by atomic mass is 19.1. The number of aryl methyl sites for hydroxylation is 1. The molecule has 1 aliphatic heterocycles. The van der Waals surface area contributed by atoms with Gasteiger partial charge in [-0.3, -0.25) is 0 Å². The number of halogens is 1. The molecule has 118 valence electrons. The molecular weight excluding hydrogens is 297 g/mol. The minimum atomic E-state index is -0.744. The second-order valence-electron chi connectivity index (χ2n) is 5.56. The zero-order valence-corrected chi connectivity index (χ0v) is 12.7. The van der Waals surface area contributed by atoms with Crippen molar-refractivity contribution < 1.29 is 9.13 Å². The van der Waals surface area contributed by atoms with Crippen molar-refractivity contribution in [2.75, 3.05) is 18.6 Å². The fourth-order valence-corrected chi connectivity index (χ4v) is 3.10. The number of aromatic nitrogens is 4. The van der Waals surface area contributed by atoms with E-state index in [4.69, 9.17) is 4.74 Å². The largest absolute Gasteiger partial charge is 0.497 e. The Bertz CT molecular complexity index is 863. The zero-order valence-electron chi connectivity index (χ0n) is 12.7. The quantitative estimate of drug-likeness (QED) is 0.752. The van der Waals surface area contributed by atoms with E-state index in [1.54, 1.807) is 7.11 Å². The predicted molar refractivity (Wildman–Crippen MR) is 84.0 cm³/mol. The van der Waals surface area contributed by atoms with E-state index < -0.39 is 6.08 Å². The molecule has 2 aromatic heterocycles. The van der Waals surface area contributed by atoms with Gasteiger partial charge < -0.3 is 14.6 Å². The third-order valence-electron chi connectivity index (χ3n) is 4.18. The maximum atomic E-state index is 13.6. The van der Waals surface area contributed by atoms with E-state index in [1.807, 2.05) is 6.07 Å². The summed E-state index contributed by atoms with van der Waals surface area (Å²) in [7, 11) is 1.67. The number of rotatable bonds is 3. The van der Waals surface area contributed by atoms with Crippen molar-refractivity contribution in [3.05, 3.63) is 41.9 Å². The highest BCUT2D eigenvalue weighted by Gasteiger charge is 2.20. The summed E-state index contributed by atoms with van der Waals surface area (Å²) in [6.07, 6.45) is 2.82. The molecule has 0 aliphatic carbocycles. The first-order chi connectivity index (χ1) is 11.2. The summed E-state index contributed by atoms with van der Waals surface area (Å²) < 4.78 is 18.9. The Labute approximate surface area is 132 Å². The third-order valence-corrected chi connectivity index (χ3v) is 4.18. The van der Waals surface area contributed by atoms with Gasteiger partial charge in [-0.05, 0) is 36.6 Å². The van der Waals surface area contributed by atoms with Crippen molar-refractivity contribution in [2.24, 2.45) is 0 Å². The van der Waals surface area contributed by atoms with E-state index in [-0.39, 0.29) is 0 Å². The Kier molecular flexibility index (Phi) is 3.33. The van der Waals surface area contributed by atoms with Crippen molar-refractivity contribution in [3.63, 3.8) is 0 Å². The predicted octanol–water partition coefficient (Wildman–Crippen LogP) is 2.45. The number of hydrogen-bond donors (Lipinski definition) is 1. The lowest BCUT2D eigenvalue weighted by molar-refractivity contribution is 0.414. The summed E-state index contributed by atoms with van der Waals surface area (Å²) in [4.78, 5) is 16.9. The molecular formula is C16H16FN5O. The number of nitrogens with one attached hydrogen (secondary N) is 1. The first kappa shape index (κ1) is 13.9. The van der Waals surface area contributed by atoms with E-state index in [9.17, 15) is 4.39 Å². The standard InChI is InChI=1S/C16H16FN5O/c1-23-11-4-5-13-10(7-11)3-2-6-22(13)8-12-14-15(19-9-18-14)21-16(17)20-12/h4-5,7,9H,2-3,6,8H2,1H3,(H,18,19,20,21). The number of H-pyrrole nitrogens is 1. The number of nitrogens with zero attached hydrogens (tertiary/aromatic N) is 4. The molecule has 0 atom stereocenters. The van der Waals surface area contributed by atoms with Crippen molar-refractivity contribution in [3.8, 4) is 5.75 Å². The average molecular weight is 313 g/mol. The highest BCUT2D eigenvalue weighted by molar-refractivity contribution is 5.73. The van der Waals surface area contributed by atoms with Crippen molar-refractivity contribution in [1.82, 2.24) is 19.9 Å². The summed E-state index contributed by atoms with van der Waals surface area (Å²) >= 11 is 0. The van der Waals surface area contributed by atoms with Crippen molar-refractivity contribution in [2.45, 2.75) is 19.4 Å². The molecule has 0 fully saturated rings.